The van der Waals surface area contributed by atoms with E-state index >= 15 is 0 Å². The molecule has 1 radical (unpaired) electrons. The maximum atomic E-state index is 11.3. The van der Waals surface area contributed by atoms with Gasteiger partial charge in [0, 0.05) is 29.6 Å². The van der Waals surface area contributed by atoms with E-state index in [4.69, 9.17) is 8.74 Å². The molecule has 4 rings (SSSR count). The summed E-state index contributed by atoms with van der Waals surface area (Å²) in [6.07, 6.45) is 11.1. The molecule has 4 aliphatic rings. The van der Waals surface area contributed by atoms with E-state index in [0.717, 1.165) is 30.6 Å². The van der Waals surface area contributed by atoms with Gasteiger partial charge in [-0.05, 0) is 104 Å². The second-order valence-corrected chi connectivity index (χ2v) is 14.3. The van der Waals surface area contributed by atoms with E-state index in [-0.39, 0.29) is 40.9 Å². The van der Waals surface area contributed by atoms with Crippen LogP contribution in [0, 0.1) is 52.3 Å². The molecule has 7 heteroatoms. The van der Waals surface area contributed by atoms with Crippen LogP contribution in [0.5, 0.6) is 0 Å². The van der Waals surface area contributed by atoms with Crippen molar-refractivity contribution in [2.24, 2.45) is 52.3 Å². The van der Waals surface area contributed by atoms with Gasteiger partial charge in [-0.2, -0.15) is 8.42 Å². The van der Waals surface area contributed by atoms with Crippen LogP contribution >= 0.6 is 0 Å². The van der Waals surface area contributed by atoms with E-state index < -0.39 is 22.6 Å². The molecule has 4 aliphatic carbocycles. The molecule has 0 aliphatic heterocycles. The second kappa shape index (κ2) is 10.9. The second-order valence-electron chi connectivity index (χ2n) is 13.2. The van der Waals surface area contributed by atoms with Crippen molar-refractivity contribution in [2.45, 2.75) is 117 Å². The van der Waals surface area contributed by atoms with Gasteiger partial charge >= 0.3 is 10.4 Å². The molecule has 0 spiro atoms. The first kappa shape index (κ1) is 29.4. The van der Waals surface area contributed by atoms with Crippen LogP contribution in [0.2, 0.25) is 0 Å². The van der Waals surface area contributed by atoms with Crippen molar-refractivity contribution in [3.63, 3.8) is 0 Å². The molecule has 0 saturated heterocycles. The topological polar surface area (TPSA) is 83.8 Å². The molecule has 10 atom stereocenters. The zero-order valence-electron chi connectivity index (χ0n) is 22.5. The third-order valence-electron chi connectivity index (χ3n) is 11.1. The van der Waals surface area contributed by atoms with Crippen molar-refractivity contribution < 1.29 is 22.3 Å². The zero-order chi connectivity index (χ0) is 24.2. The maximum absolute atomic E-state index is 11.3. The fourth-order valence-corrected chi connectivity index (χ4v) is 10.1. The quantitative estimate of drug-likeness (QED) is 0.332. The van der Waals surface area contributed by atoms with Gasteiger partial charge in [0.05, 0.1) is 12.2 Å². The van der Waals surface area contributed by atoms with E-state index in [0.29, 0.717) is 36.0 Å². The Morgan fingerprint density at radius 1 is 0.912 bits per heavy atom. The largest absolute Gasteiger partial charge is 0.397 e. The summed E-state index contributed by atoms with van der Waals surface area (Å²) < 4.78 is 36.6. The Kier molecular flexibility index (Phi) is 9.42. The van der Waals surface area contributed by atoms with Gasteiger partial charge in [-0.3, -0.25) is 4.55 Å². The third-order valence-corrected chi connectivity index (χ3v) is 11.6. The SMILES string of the molecule is CC(C)CCC[C@@H](C)[C@H]1CC[C@H]2[C@@H]3C[C@H](O)[C@H]4C[C@@H](OS(=O)(=O)O)CC[C@]4(C)[C@H]3CC[C@]12C.[Na]. The van der Waals surface area contributed by atoms with Crippen molar-refractivity contribution in [1.29, 1.82) is 0 Å². The average Bonchev–Trinajstić information content (AvgIpc) is 3.05. The van der Waals surface area contributed by atoms with Crippen molar-refractivity contribution in [3.8, 4) is 0 Å². The fraction of sp³-hybridized carbons (Fsp3) is 1.00. The van der Waals surface area contributed by atoms with Gasteiger partial charge in [0.15, 0.2) is 0 Å². The monoisotopic (exact) mass is 507 g/mol. The summed E-state index contributed by atoms with van der Waals surface area (Å²) in [5, 5.41) is 11.3. The number of aliphatic hydroxyl groups excluding tert-OH is 1. The van der Waals surface area contributed by atoms with Crippen molar-refractivity contribution in [2.75, 3.05) is 0 Å². The van der Waals surface area contributed by atoms with Crippen LogP contribution in [-0.4, -0.2) is 59.8 Å². The molecule has 4 saturated carbocycles. The first-order chi connectivity index (χ1) is 15.3. The van der Waals surface area contributed by atoms with Gasteiger partial charge in [0.25, 0.3) is 0 Å². The molecule has 0 unspecified atom stereocenters. The van der Waals surface area contributed by atoms with Gasteiger partial charge in [-0.25, -0.2) is 4.18 Å². The average molecular weight is 508 g/mol. The Balaban J connectivity index is 0.00000324. The van der Waals surface area contributed by atoms with E-state index in [1.807, 2.05) is 0 Å². The summed E-state index contributed by atoms with van der Waals surface area (Å²) in [6.45, 7) is 12.1. The predicted octanol–water partition coefficient (Wildman–Crippen LogP) is 5.89. The molecule has 0 bridgehead atoms. The predicted molar refractivity (Wildman–Crippen MR) is 137 cm³/mol. The Hall–Kier alpha value is 0.830. The van der Waals surface area contributed by atoms with Crippen LogP contribution in [0.1, 0.15) is 105 Å². The van der Waals surface area contributed by atoms with E-state index in [2.05, 4.69) is 34.6 Å². The molecule has 0 aromatic heterocycles. The smallest absolute Gasteiger partial charge is 0.393 e. The summed E-state index contributed by atoms with van der Waals surface area (Å²) >= 11 is 0. The minimum atomic E-state index is -4.45. The molecule has 0 aromatic carbocycles. The maximum Gasteiger partial charge on any atom is 0.397 e. The number of aliphatic hydroxyl groups is 1. The Morgan fingerprint density at radius 2 is 1.56 bits per heavy atom. The van der Waals surface area contributed by atoms with Crippen molar-refractivity contribution in [3.05, 3.63) is 0 Å². The summed E-state index contributed by atoms with van der Waals surface area (Å²) in [4.78, 5) is 0. The molecule has 2 N–H and O–H groups in total. The van der Waals surface area contributed by atoms with Crippen LogP contribution in [0.15, 0.2) is 0 Å². The van der Waals surface area contributed by atoms with Gasteiger partial charge in [-0.1, -0.05) is 53.9 Å². The van der Waals surface area contributed by atoms with Crippen LogP contribution in [0.3, 0.4) is 0 Å². The van der Waals surface area contributed by atoms with Crippen molar-refractivity contribution in [1.82, 2.24) is 0 Å². The van der Waals surface area contributed by atoms with Crippen molar-refractivity contribution >= 4 is 40.0 Å². The van der Waals surface area contributed by atoms with Crippen LogP contribution in [0.25, 0.3) is 0 Å². The van der Waals surface area contributed by atoms with E-state index in [1.165, 1.54) is 44.9 Å². The van der Waals surface area contributed by atoms with Gasteiger partial charge < -0.3 is 5.11 Å². The van der Waals surface area contributed by atoms with Crippen LogP contribution in [0.4, 0.5) is 0 Å². The molecule has 0 heterocycles. The summed E-state index contributed by atoms with van der Waals surface area (Å²) in [5.74, 6) is 4.30. The Morgan fingerprint density at radius 3 is 2.21 bits per heavy atom. The normalized spacial score (nSPS) is 45.1. The molecule has 0 amide bonds. The van der Waals surface area contributed by atoms with Gasteiger partial charge in [-0.15, -0.1) is 0 Å². The Labute approximate surface area is 230 Å². The number of rotatable bonds is 7. The third kappa shape index (κ3) is 5.63. The molecular formula is C27H48NaO5S. The minimum Gasteiger partial charge on any atom is -0.393 e. The van der Waals surface area contributed by atoms with Gasteiger partial charge in [0.2, 0.25) is 0 Å². The first-order valence-electron chi connectivity index (χ1n) is 13.7. The number of hydrogen-bond acceptors (Lipinski definition) is 4. The molecular weight excluding hydrogens is 459 g/mol. The van der Waals surface area contributed by atoms with Gasteiger partial charge in [0.1, 0.15) is 0 Å². The van der Waals surface area contributed by atoms with E-state index in [9.17, 15) is 13.5 Å². The summed E-state index contributed by atoms with van der Waals surface area (Å²) in [6, 6.07) is 0. The molecule has 193 valence electrons. The molecule has 34 heavy (non-hydrogen) atoms. The minimum absolute atomic E-state index is 0. The van der Waals surface area contributed by atoms with Crippen LogP contribution < -0.4 is 0 Å². The number of hydrogen-bond donors (Lipinski definition) is 2. The molecule has 5 nitrogen and oxygen atoms in total. The standard InChI is InChI=1S/C27H48O5S.Na/c1-17(2)7-6-8-18(3)21-9-10-22-20-16-25(28)24-15-19(32-33(29,30)31)11-13-27(24,5)23(20)12-14-26(21,22)4;/h17-25,28H,6-16H2,1-5H3,(H,29,30,31);/t18-,19+,20+,21-,22+,23+,24-,25+,26-,27-;/m1./s1. The fourth-order valence-electron chi connectivity index (χ4n) is 9.55. The van der Waals surface area contributed by atoms with E-state index in [1.54, 1.807) is 0 Å². The molecule has 4 fully saturated rings. The summed E-state index contributed by atoms with van der Waals surface area (Å²) in [5.41, 5.74) is 0.427. The first-order valence-corrected chi connectivity index (χ1v) is 15.1. The Bertz CT molecular complexity index is 803. The molecule has 0 aromatic rings. The van der Waals surface area contributed by atoms with Crippen LogP contribution in [-0.2, 0) is 14.6 Å². The zero-order valence-corrected chi connectivity index (χ0v) is 25.3. The number of fused-ring (bicyclic) bond motifs is 5. The summed E-state index contributed by atoms with van der Waals surface area (Å²) in [7, 11) is -4.45.